The molecule has 0 saturated heterocycles. The lowest BCUT2D eigenvalue weighted by atomic mass is 9.73. The zero-order valence-electron chi connectivity index (χ0n) is 18.7. The van der Waals surface area contributed by atoms with Crippen LogP contribution in [-0.4, -0.2) is 43.1 Å². The van der Waals surface area contributed by atoms with Crippen molar-refractivity contribution in [1.82, 2.24) is 4.98 Å². The highest BCUT2D eigenvalue weighted by molar-refractivity contribution is 7.90. The van der Waals surface area contributed by atoms with E-state index in [1.807, 2.05) is 0 Å². The molecule has 1 aromatic carbocycles. The van der Waals surface area contributed by atoms with E-state index in [-0.39, 0.29) is 33.9 Å². The lowest BCUT2D eigenvalue weighted by Crippen LogP contribution is -2.50. The van der Waals surface area contributed by atoms with Gasteiger partial charge in [0.05, 0.1) is 17.0 Å². The Morgan fingerprint density at radius 3 is 2.50 bits per heavy atom. The number of pyridine rings is 1. The average Bonchev–Trinajstić information content (AvgIpc) is 3.32. The van der Waals surface area contributed by atoms with Crippen molar-refractivity contribution in [2.75, 3.05) is 12.9 Å². The van der Waals surface area contributed by atoms with Crippen molar-refractivity contribution in [2.24, 2.45) is 0 Å². The fourth-order valence-electron chi connectivity index (χ4n) is 4.48. The van der Waals surface area contributed by atoms with E-state index in [0.29, 0.717) is 17.7 Å². The standard InChI is InChI=1S/C23H24F3NO6S/c1-21(2,16-10-15(34(3,30)31)8-13-5-7-32-19(13)16)12-22(29,23(24,25)26)11-14-9-17-20(33-14)18(28)4-6-27-17/h4,6,8-10,29H,5,7,11-12H2,1-3H3,(H,27,28). The zero-order valence-corrected chi connectivity index (χ0v) is 19.6. The fraction of sp³-hybridized carbons (Fsp3) is 0.435. The zero-order chi connectivity index (χ0) is 25.1. The van der Waals surface area contributed by atoms with Gasteiger partial charge in [-0.3, -0.25) is 4.79 Å². The monoisotopic (exact) mass is 499 g/mol. The van der Waals surface area contributed by atoms with Crippen LogP contribution in [0.15, 0.2) is 44.6 Å². The number of ether oxygens (including phenoxy) is 1. The summed E-state index contributed by atoms with van der Waals surface area (Å²) in [6.45, 7) is 3.27. The number of aromatic amines is 1. The first-order valence-electron chi connectivity index (χ1n) is 10.5. The van der Waals surface area contributed by atoms with Crippen LogP contribution in [0.1, 0.15) is 37.2 Å². The summed E-state index contributed by atoms with van der Waals surface area (Å²) in [4.78, 5) is 14.6. The van der Waals surface area contributed by atoms with Gasteiger partial charge in [-0.05, 0) is 29.5 Å². The second-order valence-electron chi connectivity index (χ2n) is 9.39. The smallest absolute Gasteiger partial charge is 0.417 e. The molecular formula is C23H24F3NO6S. The molecule has 2 N–H and O–H groups in total. The Morgan fingerprint density at radius 2 is 1.88 bits per heavy atom. The molecule has 2 aromatic heterocycles. The number of nitrogens with one attached hydrogen (secondary N) is 1. The number of aliphatic hydroxyl groups is 1. The maximum absolute atomic E-state index is 14.2. The molecule has 1 aliphatic heterocycles. The first kappa shape index (κ1) is 24.3. The van der Waals surface area contributed by atoms with E-state index in [0.717, 1.165) is 6.26 Å². The van der Waals surface area contributed by atoms with Gasteiger partial charge < -0.3 is 19.2 Å². The Labute approximate surface area is 193 Å². The quantitative estimate of drug-likeness (QED) is 0.536. The summed E-state index contributed by atoms with van der Waals surface area (Å²) < 4.78 is 78.1. The summed E-state index contributed by atoms with van der Waals surface area (Å²) >= 11 is 0. The van der Waals surface area contributed by atoms with Crippen LogP contribution < -0.4 is 10.2 Å². The van der Waals surface area contributed by atoms with Crippen LogP contribution in [0.2, 0.25) is 0 Å². The summed E-state index contributed by atoms with van der Waals surface area (Å²) in [5.41, 5.74) is -4.13. The highest BCUT2D eigenvalue weighted by atomic mass is 32.2. The molecule has 7 nitrogen and oxygen atoms in total. The van der Waals surface area contributed by atoms with Gasteiger partial charge in [0, 0.05) is 43.0 Å². The summed E-state index contributed by atoms with van der Waals surface area (Å²) in [6.07, 6.45) is -3.99. The number of hydrogen-bond donors (Lipinski definition) is 2. The van der Waals surface area contributed by atoms with Crippen molar-refractivity contribution in [3.05, 3.63) is 57.6 Å². The maximum atomic E-state index is 14.2. The molecule has 1 atom stereocenters. The minimum Gasteiger partial charge on any atom is -0.493 e. The third kappa shape index (κ3) is 4.34. The second kappa shape index (κ2) is 7.88. The molecule has 0 bridgehead atoms. The molecule has 1 unspecified atom stereocenters. The Balaban J connectivity index is 1.77. The van der Waals surface area contributed by atoms with Crippen molar-refractivity contribution < 1.29 is 35.8 Å². The Kier molecular flexibility index (Phi) is 5.64. The number of halogens is 3. The van der Waals surface area contributed by atoms with Gasteiger partial charge >= 0.3 is 6.18 Å². The number of fused-ring (bicyclic) bond motifs is 2. The topological polar surface area (TPSA) is 110 Å². The largest absolute Gasteiger partial charge is 0.493 e. The lowest BCUT2D eigenvalue weighted by Gasteiger charge is -2.38. The van der Waals surface area contributed by atoms with Gasteiger partial charge in [-0.1, -0.05) is 13.8 Å². The van der Waals surface area contributed by atoms with Gasteiger partial charge in [0.15, 0.2) is 21.0 Å². The molecular weight excluding hydrogens is 475 g/mol. The van der Waals surface area contributed by atoms with Gasteiger partial charge in [-0.25, -0.2) is 8.42 Å². The molecule has 0 aliphatic carbocycles. The average molecular weight is 500 g/mol. The van der Waals surface area contributed by atoms with E-state index >= 15 is 0 Å². The number of aromatic nitrogens is 1. The summed E-state index contributed by atoms with van der Waals surface area (Å²) in [7, 11) is -3.64. The molecule has 184 valence electrons. The number of benzene rings is 1. The molecule has 0 radical (unpaired) electrons. The van der Waals surface area contributed by atoms with Crippen molar-refractivity contribution in [2.45, 2.75) is 55.2 Å². The summed E-state index contributed by atoms with van der Waals surface area (Å²) in [5.74, 6) is 0.132. The van der Waals surface area contributed by atoms with Gasteiger partial charge in [0.2, 0.25) is 5.43 Å². The van der Waals surface area contributed by atoms with Crippen molar-refractivity contribution in [3.63, 3.8) is 0 Å². The third-order valence-corrected chi connectivity index (χ3v) is 7.22. The number of rotatable bonds is 6. The van der Waals surface area contributed by atoms with Crippen LogP contribution in [0.25, 0.3) is 11.1 Å². The van der Waals surface area contributed by atoms with Crippen LogP contribution in [0.3, 0.4) is 0 Å². The number of sulfone groups is 1. The Hall–Kier alpha value is -2.79. The van der Waals surface area contributed by atoms with Crippen LogP contribution >= 0.6 is 0 Å². The van der Waals surface area contributed by atoms with Crippen LogP contribution in [0, 0.1) is 0 Å². The second-order valence-corrected chi connectivity index (χ2v) is 11.4. The predicted molar refractivity (Wildman–Crippen MR) is 118 cm³/mol. The highest BCUT2D eigenvalue weighted by Crippen LogP contribution is 2.47. The first-order chi connectivity index (χ1) is 15.6. The van der Waals surface area contributed by atoms with E-state index in [2.05, 4.69) is 4.98 Å². The van der Waals surface area contributed by atoms with Crippen LogP contribution in [-0.2, 0) is 28.1 Å². The van der Waals surface area contributed by atoms with Crippen molar-refractivity contribution in [1.29, 1.82) is 0 Å². The Bertz CT molecular complexity index is 1420. The van der Waals surface area contributed by atoms with Gasteiger partial charge in [-0.15, -0.1) is 0 Å². The van der Waals surface area contributed by atoms with E-state index < -0.39 is 45.3 Å². The van der Waals surface area contributed by atoms with E-state index in [1.165, 1.54) is 44.3 Å². The molecule has 0 amide bonds. The molecule has 0 fully saturated rings. The highest BCUT2D eigenvalue weighted by Gasteiger charge is 2.56. The summed E-state index contributed by atoms with van der Waals surface area (Å²) in [6, 6.07) is 5.23. The van der Waals surface area contributed by atoms with Gasteiger partial charge in [0.1, 0.15) is 11.5 Å². The molecule has 34 heavy (non-hydrogen) atoms. The van der Waals surface area contributed by atoms with E-state index in [1.54, 1.807) is 0 Å². The van der Waals surface area contributed by atoms with E-state index in [4.69, 9.17) is 9.15 Å². The normalized spacial score (nSPS) is 16.3. The van der Waals surface area contributed by atoms with Gasteiger partial charge in [-0.2, -0.15) is 13.2 Å². The molecule has 11 heteroatoms. The van der Waals surface area contributed by atoms with Crippen LogP contribution in [0.4, 0.5) is 13.2 Å². The van der Waals surface area contributed by atoms with E-state index in [9.17, 15) is 31.5 Å². The Morgan fingerprint density at radius 1 is 1.18 bits per heavy atom. The molecule has 3 heterocycles. The molecule has 0 spiro atoms. The SMILES string of the molecule is CC(C)(CC(O)(Cc1cc2[nH]ccc(=O)c2o1)C(F)(F)F)c1cc(S(C)(=O)=O)cc2c1OCC2. The fourth-order valence-corrected chi connectivity index (χ4v) is 5.16. The maximum Gasteiger partial charge on any atom is 0.417 e. The lowest BCUT2D eigenvalue weighted by molar-refractivity contribution is -0.267. The molecule has 0 saturated carbocycles. The van der Waals surface area contributed by atoms with Crippen molar-refractivity contribution in [3.8, 4) is 5.75 Å². The van der Waals surface area contributed by atoms with Gasteiger partial charge in [0.25, 0.3) is 0 Å². The van der Waals surface area contributed by atoms with Crippen LogP contribution in [0.5, 0.6) is 5.75 Å². The number of alkyl halides is 3. The number of hydrogen-bond acceptors (Lipinski definition) is 6. The van der Waals surface area contributed by atoms with Crippen molar-refractivity contribution >= 4 is 20.9 Å². The molecule has 3 aromatic rings. The summed E-state index contributed by atoms with van der Waals surface area (Å²) in [5, 5.41) is 10.9. The third-order valence-electron chi connectivity index (χ3n) is 6.12. The molecule has 1 aliphatic rings. The minimum absolute atomic E-state index is 0.0221. The molecule has 4 rings (SSSR count). The number of furan rings is 1. The number of H-pyrrole nitrogens is 1. The predicted octanol–water partition coefficient (Wildman–Crippen LogP) is 3.66. The first-order valence-corrected chi connectivity index (χ1v) is 12.4. The minimum atomic E-state index is -5.05.